The van der Waals surface area contributed by atoms with Crippen molar-refractivity contribution in [2.24, 2.45) is 7.05 Å². The van der Waals surface area contributed by atoms with Gasteiger partial charge < -0.3 is 9.09 Å². The predicted molar refractivity (Wildman–Crippen MR) is 77.5 cm³/mol. The molecule has 1 aromatic carbocycles. The minimum Gasteiger partial charge on any atom is -0.364 e. The standard InChI is InChI=1S/C13H11ClN4OS/c1-18-12(9-2-4-10(14)5-3-9)15-16-13(18)20-8-11-6-7-19-17-11/h2-7H,8H2,1H3. The Bertz CT molecular complexity index is 694. The van der Waals surface area contributed by atoms with E-state index in [0.29, 0.717) is 10.8 Å². The molecule has 0 radical (unpaired) electrons. The van der Waals surface area contributed by atoms with Crippen LogP contribution in [0.5, 0.6) is 0 Å². The number of aromatic nitrogens is 4. The van der Waals surface area contributed by atoms with Crippen molar-refractivity contribution in [2.75, 3.05) is 0 Å². The van der Waals surface area contributed by atoms with E-state index in [-0.39, 0.29) is 0 Å². The molecule has 0 N–H and O–H groups in total. The van der Waals surface area contributed by atoms with Crippen molar-refractivity contribution >= 4 is 23.4 Å². The van der Waals surface area contributed by atoms with Crippen molar-refractivity contribution in [1.82, 2.24) is 19.9 Å². The molecule has 0 atom stereocenters. The van der Waals surface area contributed by atoms with Crippen molar-refractivity contribution in [3.05, 3.63) is 47.3 Å². The van der Waals surface area contributed by atoms with E-state index < -0.39 is 0 Å². The molecule has 0 saturated carbocycles. The molecule has 3 rings (SSSR count). The van der Waals surface area contributed by atoms with Gasteiger partial charge in [0.2, 0.25) is 0 Å². The number of rotatable bonds is 4. The number of halogens is 1. The summed E-state index contributed by atoms with van der Waals surface area (Å²) in [6.07, 6.45) is 1.56. The van der Waals surface area contributed by atoms with E-state index in [1.54, 1.807) is 18.0 Å². The van der Waals surface area contributed by atoms with Crippen LogP contribution in [-0.4, -0.2) is 19.9 Å². The Hall–Kier alpha value is -1.79. The molecule has 102 valence electrons. The van der Waals surface area contributed by atoms with Gasteiger partial charge in [-0.15, -0.1) is 10.2 Å². The molecule has 0 aliphatic carbocycles. The van der Waals surface area contributed by atoms with Crippen LogP contribution in [0.25, 0.3) is 11.4 Å². The summed E-state index contributed by atoms with van der Waals surface area (Å²) in [5, 5.41) is 13.8. The van der Waals surface area contributed by atoms with E-state index in [1.807, 2.05) is 41.9 Å². The van der Waals surface area contributed by atoms with Crippen LogP contribution in [0, 0.1) is 0 Å². The average molecular weight is 307 g/mol. The maximum Gasteiger partial charge on any atom is 0.191 e. The first-order valence-electron chi connectivity index (χ1n) is 5.91. The second-order valence-electron chi connectivity index (χ2n) is 4.15. The van der Waals surface area contributed by atoms with Crippen LogP contribution in [0.1, 0.15) is 5.69 Å². The van der Waals surface area contributed by atoms with Crippen LogP contribution < -0.4 is 0 Å². The highest BCUT2D eigenvalue weighted by Gasteiger charge is 2.11. The topological polar surface area (TPSA) is 56.7 Å². The minimum absolute atomic E-state index is 0.698. The van der Waals surface area contributed by atoms with Crippen molar-refractivity contribution in [3.8, 4) is 11.4 Å². The lowest BCUT2D eigenvalue weighted by Gasteiger charge is -2.03. The molecule has 0 amide bonds. The average Bonchev–Trinajstić information content (AvgIpc) is 3.08. The second-order valence-corrected chi connectivity index (χ2v) is 5.53. The minimum atomic E-state index is 0.698. The zero-order chi connectivity index (χ0) is 13.9. The molecular weight excluding hydrogens is 296 g/mol. The molecule has 0 aliphatic rings. The van der Waals surface area contributed by atoms with Crippen LogP contribution in [0.3, 0.4) is 0 Å². The molecule has 5 nitrogen and oxygen atoms in total. The highest BCUT2D eigenvalue weighted by molar-refractivity contribution is 7.98. The second kappa shape index (κ2) is 5.68. The van der Waals surface area contributed by atoms with Crippen molar-refractivity contribution < 1.29 is 4.52 Å². The van der Waals surface area contributed by atoms with Gasteiger partial charge in [-0.1, -0.05) is 28.5 Å². The van der Waals surface area contributed by atoms with Crippen molar-refractivity contribution in [2.45, 2.75) is 10.9 Å². The van der Waals surface area contributed by atoms with Crippen LogP contribution >= 0.6 is 23.4 Å². The van der Waals surface area contributed by atoms with Gasteiger partial charge in [0.25, 0.3) is 0 Å². The van der Waals surface area contributed by atoms with E-state index in [1.165, 1.54) is 0 Å². The molecule has 3 aromatic rings. The van der Waals surface area contributed by atoms with Gasteiger partial charge in [-0.25, -0.2) is 0 Å². The highest BCUT2D eigenvalue weighted by Crippen LogP contribution is 2.25. The quantitative estimate of drug-likeness (QED) is 0.691. The predicted octanol–water partition coefficient (Wildman–Crippen LogP) is 3.42. The van der Waals surface area contributed by atoms with E-state index in [2.05, 4.69) is 15.4 Å². The smallest absolute Gasteiger partial charge is 0.191 e. The Morgan fingerprint density at radius 3 is 2.70 bits per heavy atom. The van der Waals surface area contributed by atoms with Crippen LogP contribution in [-0.2, 0) is 12.8 Å². The fourth-order valence-electron chi connectivity index (χ4n) is 1.74. The molecule has 7 heteroatoms. The summed E-state index contributed by atoms with van der Waals surface area (Å²) in [6.45, 7) is 0. The summed E-state index contributed by atoms with van der Waals surface area (Å²) in [5.41, 5.74) is 1.86. The van der Waals surface area contributed by atoms with Crippen LogP contribution in [0.2, 0.25) is 5.02 Å². The summed E-state index contributed by atoms with van der Waals surface area (Å²) < 4.78 is 6.75. The molecule has 0 fully saturated rings. The number of benzene rings is 1. The molecule has 0 aliphatic heterocycles. The first-order chi connectivity index (χ1) is 9.74. The van der Waals surface area contributed by atoms with Gasteiger partial charge >= 0.3 is 0 Å². The Morgan fingerprint density at radius 1 is 1.20 bits per heavy atom. The molecule has 0 saturated heterocycles. The maximum atomic E-state index is 5.89. The number of nitrogens with zero attached hydrogens (tertiary/aromatic N) is 4. The summed E-state index contributed by atoms with van der Waals surface area (Å²) in [6, 6.07) is 9.38. The maximum absolute atomic E-state index is 5.89. The lowest BCUT2D eigenvalue weighted by molar-refractivity contribution is 0.414. The first-order valence-corrected chi connectivity index (χ1v) is 7.28. The van der Waals surface area contributed by atoms with E-state index in [9.17, 15) is 0 Å². The van der Waals surface area contributed by atoms with E-state index >= 15 is 0 Å². The highest BCUT2D eigenvalue weighted by atomic mass is 35.5. The molecule has 0 unspecified atom stereocenters. The van der Waals surface area contributed by atoms with Gasteiger partial charge in [-0.05, 0) is 24.3 Å². The van der Waals surface area contributed by atoms with Gasteiger partial charge in [0, 0.05) is 29.5 Å². The third kappa shape index (κ3) is 2.71. The SMILES string of the molecule is Cn1c(SCc2ccon2)nnc1-c1ccc(Cl)cc1. The largest absolute Gasteiger partial charge is 0.364 e. The van der Waals surface area contributed by atoms with Gasteiger partial charge in [-0.3, -0.25) is 0 Å². The van der Waals surface area contributed by atoms with Gasteiger partial charge in [0.1, 0.15) is 6.26 Å². The molecule has 2 heterocycles. The molecular formula is C13H11ClN4OS. The van der Waals surface area contributed by atoms with Crippen LogP contribution in [0.4, 0.5) is 0 Å². The van der Waals surface area contributed by atoms with E-state index in [4.69, 9.17) is 16.1 Å². The molecule has 2 aromatic heterocycles. The van der Waals surface area contributed by atoms with Gasteiger partial charge in [0.05, 0.1) is 5.69 Å². The number of hydrogen-bond acceptors (Lipinski definition) is 5. The third-order valence-electron chi connectivity index (χ3n) is 2.78. The molecule has 0 spiro atoms. The fraction of sp³-hybridized carbons (Fsp3) is 0.154. The van der Waals surface area contributed by atoms with Crippen molar-refractivity contribution in [1.29, 1.82) is 0 Å². The normalized spacial score (nSPS) is 10.9. The zero-order valence-corrected chi connectivity index (χ0v) is 12.2. The summed E-state index contributed by atoms with van der Waals surface area (Å²) in [4.78, 5) is 0. The van der Waals surface area contributed by atoms with Crippen molar-refractivity contribution in [3.63, 3.8) is 0 Å². The van der Waals surface area contributed by atoms with Gasteiger partial charge in [-0.2, -0.15) is 0 Å². The molecule has 0 bridgehead atoms. The van der Waals surface area contributed by atoms with Crippen LogP contribution in [0.15, 0.2) is 46.3 Å². The Kier molecular flexibility index (Phi) is 3.75. The summed E-state index contributed by atoms with van der Waals surface area (Å²) in [5.74, 6) is 1.51. The van der Waals surface area contributed by atoms with Gasteiger partial charge in [0.15, 0.2) is 11.0 Å². The first kappa shape index (κ1) is 13.2. The third-order valence-corrected chi connectivity index (χ3v) is 4.08. The zero-order valence-electron chi connectivity index (χ0n) is 10.7. The fourth-order valence-corrected chi connectivity index (χ4v) is 2.67. The lowest BCUT2D eigenvalue weighted by Crippen LogP contribution is -1.95. The monoisotopic (exact) mass is 306 g/mol. The Balaban J connectivity index is 1.79. The Labute approximate surface area is 124 Å². The molecule has 20 heavy (non-hydrogen) atoms. The lowest BCUT2D eigenvalue weighted by atomic mass is 10.2. The Morgan fingerprint density at radius 2 is 2.00 bits per heavy atom. The van der Waals surface area contributed by atoms with E-state index in [0.717, 1.165) is 22.2 Å². The summed E-state index contributed by atoms with van der Waals surface area (Å²) >= 11 is 7.45. The number of thioether (sulfide) groups is 1. The summed E-state index contributed by atoms with van der Waals surface area (Å²) in [7, 11) is 1.94. The number of hydrogen-bond donors (Lipinski definition) is 0.